The van der Waals surface area contributed by atoms with Gasteiger partial charge in [-0.15, -0.1) is 0 Å². The highest BCUT2D eigenvalue weighted by atomic mass is 19.1. The quantitative estimate of drug-likeness (QED) is 0.248. The highest BCUT2D eigenvalue weighted by molar-refractivity contribution is 5.80. The lowest BCUT2D eigenvalue weighted by Gasteiger charge is -2.56. The lowest BCUT2D eigenvalue weighted by molar-refractivity contribution is 0.0682. The molecule has 8 aliphatic rings. The van der Waals surface area contributed by atoms with E-state index in [1.165, 1.54) is 99.8 Å². The van der Waals surface area contributed by atoms with E-state index in [1.54, 1.807) is 34.7 Å². The van der Waals surface area contributed by atoms with E-state index in [2.05, 4.69) is 94.0 Å². The van der Waals surface area contributed by atoms with Crippen LogP contribution in [0.4, 0.5) is 10.1 Å². The van der Waals surface area contributed by atoms with Crippen LogP contribution < -0.4 is 5.73 Å². The summed E-state index contributed by atoms with van der Waals surface area (Å²) in [7, 11) is 0. The van der Waals surface area contributed by atoms with E-state index in [9.17, 15) is 4.39 Å². The molecule has 0 saturated heterocycles. The van der Waals surface area contributed by atoms with Crippen molar-refractivity contribution in [1.82, 2.24) is 9.97 Å². The van der Waals surface area contributed by atoms with Gasteiger partial charge in [0.15, 0.2) is 0 Å². The third kappa shape index (κ3) is 5.54. The summed E-state index contributed by atoms with van der Waals surface area (Å²) in [6.07, 6.45) is 35.8. The van der Waals surface area contributed by atoms with Crippen LogP contribution in [0.2, 0.25) is 0 Å². The van der Waals surface area contributed by atoms with Crippen LogP contribution in [0.1, 0.15) is 130 Å². The van der Waals surface area contributed by atoms with Gasteiger partial charge in [0.05, 0.1) is 5.69 Å². The molecule has 0 amide bonds. The molecule has 2 N–H and O–H groups in total. The third-order valence-corrected chi connectivity index (χ3v) is 16.9. The first kappa shape index (κ1) is 36.1. The molecule has 10 rings (SSSR count). The predicted octanol–water partition coefficient (Wildman–Crippen LogP) is 12.9. The lowest BCUT2D eigenvalue weighted by atomic mass is 9.48. The molecule has 10 atom stereocenters. The van der Waals surface area contributed by atoms with Gasteiger partial charge in [0.2, 0.25) is 5.95 Å². The van der Waals surface area contributed by atoms with Crippen molar-refractivity contribution < 1.29 is 4.39 Å². The fraction of sp³-hybridized carbons (Fsp3) is 0.560. The lowest BCUT2D eigenvalue weighted by Crippen LogP contribution is -2.46. The Morgan fingerprint density at radius 1 is 0.648 bits per heavy atom. The van der Waals surface area contributed by atoms with Gasteiger partial charge in [-0.2, -0.15) is 4.39 Å². The van der Waals surface area contributed by atoms with Crippen LogP contribution in [0, 0.1) is 63.1 Å². The van der Waals surface area contributed by atoms with Crippen LogP contribution in [0.3, 0.4) is 0 Å². The molecule has 0 radical (unpaired) electrons. The number of nitrogens with zero attached hydrogens (tertiary/aromatic N) is 2. The van der Waals surface area contributed by atoms with Crippen molar-refractivity contribution in [3.8, 4) is 0 Å². The van der Waals surface area contributed by atoms with Gasteiger partial charge in [-0.25, -0.2) is 4.98 Å². The predicted molar refractivity (Wildman–Crippen MR) is 221 cm³/mol. The zero-order valence-corrected chi connectivity index (χ0v) is 33.7. The summed E-state index contributed by atoms with van der Waals surface area (Å²) in [4.78, 5) is 8.26. The van der Waals surface area contributed by atoms with Crippen molar-refractivity contribution >= 4 is 16.8 Å². The minimum atomic E-state index is -0.399. The zero-order valence-electron chi connectivity index (χ0n) is 33.7. The first-order chi connectivity index (χ1) is 25.8. The van der Waals surface area contributed by atoms with Crippen molar-refractivity contribution in [2.24, 2.45) is 57.2 Å². The first-order valence-corrected chi connectivity index (χ1v) is 21.4. The Labute approximate surface area is 324 Å². The van der Waals surface area contributed by atoms with E-state index >= 15 is 0 Å². The first-order valence-electron chi connectivity index (χ1n) is 21.4. The molecule has 0 spiro atoms. The van der Waals surface area contributed by atoms with Gasteiger partial charge < -0.3 is 5.73 Å². The summed E-state index contributed by atoms with van der Waals surface area (Å²) >= 11 is 0. The average Bonchev–Trinajstić information content (AvgIpc) is 3.70. The van der Waals surface area contributed by atoms with Crippen molar-refractivity contribution in [2.75, 3.05) is 5.73 Å². The largest absolute Gasteiger partial charge is 0.397 e. The smallest absolute Gasteiger partial charge is 0.212 e. The number of hydrogen-bond acceptors (Lipinski definition) is 3. The SMILES string of the molecule is C[C@H]1CC[C@@]2(C)C(=CC[C@H]3C4=CC=C(c5ccc(F)nc5)[C@@]4(C)CC[C@@H]32)C1.C[C@H]1CC[C@@]2(C)C(=CC[C@H]3C4=CC=C(c5cncc(N)c5)[C@@]4(C)CC[C@@H]32)C1. The molecule has 8 aliphatic carbocycles. The number of pyridine rings is 2. The molecule has 0 aromatic carbocycles. The Hall–Kier alpha value is -3.53. The van der Waals surface area contributed by atoms with E-state index in [0.29, 0.717) is 22.7 Å². The van der Waals surface area contributed by atoms with Gasteiger partial charge in [-0.1, -0.05) is 100 Å². The topological polar surface area (TPSA) is 51.8 Å². The van der Waals surface area contributed by atoms with Crippen molar-refractivity contribution in [2.45, 2.75) is 119 Å². The molecule has 2 aromatic heterocycles. The molecule has 0 bridgehead atoms. The third-order valence-electron chi connectivity index (χ3n) is 16.9. The summed E-state index contributed by atoms with van der Waals surface area (Å²) < 4.78 is 13.3. The summed E-state index contributed by atoms with van der Waals surface area (Å²) in [5.41, 5.74) is 19.7. The van der Waals surface area contributed by atoms with E-state index < -0.39 is 5.95 Å². The second kappa shape index (κ2) is 13.0. The molecule has 0 unspecified atom stereocenters. The van der Waals surface area contributed by atoms with E-state index in [1.807, 2.05) is 12.3 Å². The van der Waals surface area contributed by atoms with Gasteiger partial charge in [0.25, 0.3) is 0 Å². The molecular weight excluding hydrogens is 662 g/mol. The fourth-order valence-electron chi connectivity index (χ4n) is 13.7. The van der Waals surface area contributed by atoms with Crippen LogP contribution >= 0.6 is 0 Å². The van der Waals surface area contributed by atoms with Crippen molar-refractivity contribution in [3.63, 3.8) is 0 Å². The maximum Gasteiger partial charge on any atom is 0.212 e. The van der Waals surface area contributed by atoms with Gasteiger partial charge in [-0.3, -0.25) is 4.98 Å². The number of hydrogen-bond donors (Lipinski definition) is 1. The second-order valence-electron chi connectivity index (χ2n) is 19.9. The molecule has 3 nitrogen and oxygen atoms in total. The Morgan fingerprint density at radius 3 is 1.69 bits per heavy atom. The maximum absolute atomic E-state index is 13.3. The Kier molecular flexibility index (Phi) is 8.71. The van der Waals surface area contributed by atoms with Crippen LogP contribution in [0.5, 0.6) is 0 Å². The maximum atomic E-state index is 13.3. The zero-order chi connectivity index (χ0) is 37.6. The summed E-state index contributed by atoms with van der Waals surface area (Å²) in [5.74, 6) is 4.27. The molecule has 4 fully saturated rings. The molecule has 2 heterocycles. The van der Waals surface area contributed by atoms with Crippen LogP contribution in [-0.2, 0) is 0 Å². The number of fused-ring (bicyclic) bond motifs is 10. The van der Waals surface area contributed by atoms with Gasteiger partial charge >= 0.3 is 0 Å². The molecule has 284 valence electrons. The van der Waals surface area contributed by atoms with Crippen LogP contribution in [0.15, 0.2) is 95.5 Å². The molecule has 4 heteroatoms. The minimum absolute atomic E-state index is 0.0876. The van der Waals surface area contributed by atoms with Crippen LogP contribution in [0.25, 0.3) is 11.1 Å². The number of rotatable bonds is 2. The normalized spacial score (nSPS) is 40.3. The van der Waals surface area contributed by atoms with Gasteiger partial charge in [-0.05, 0) is 164 Å². The Bertz CT molecular complexity index is 2030. The van der Waals surface area contributed by atoms with E-state index in [-0.39, 0.29) is 10.8 Å². The average molecular weight is 724 g/mol. The summed E-state index contributed by atoms with van der Waals surface area (Å²) in [6.45, 7) is 14.8. The Morgan fingerprint density at radius 2 is 1.19 bits per heavy atom. The summed E-state index contributed by atoms with van der Waals surface area (Å²) in [5, 5.41) is 0. The Balaban J connectivity index is 0.000000142. The molecule has 54 heavy (non-hydrogen) atoms. The minimum Gasteiger partial charge on any atom is -0.397 e. The number of nitrogens with two attached hydrogens (primary N) is 1. The van der Waals surface area contributed by atoms with Crippen LogP contribution in [-0.4, -0.2) is 9.97 Å². The number of allylic oxidation sites excluding steroid dienone is 12. The number of halogens is 1. The standard InChI is InChI=1S/C25H30FN.C25H32N2/c1-16-10-12-24(2)18(14-16)5-6-19-21-8-7-20(17-4-9-23(26)27-15-17)25(21,3)13-11-22(19)24;1-16-8-10-24(2)18(12-16)4-5-20-22-7-6-21(17-13-19(26)15-27-14-17)25(22,3)11-9-23(20)24/h4-5,7-9,15-16,19,22H,6,10-14H2,1-3H3;4,6-7,13-16,20,23H,5,8-12,26H2,1-3H3/t16-,19-,22-,24-,25+;16-,20-,23-,24-,25+/m00/s1. The van der Waals surface area contributed by atoms with Crippen molar-refractivity contribution in [3.05, 3.63) is 113 Å². The number of aromatic nitrogens is 2. The molecule has 2 aromatic rings. The highest BCUT2D eigenvalue weighted by Gasteiger charge is 2.55. The van der Waals surface area contributed by atoms with Gasteiger partial charge in [0.1, 0.15) is 0 Å². The molecular formula is C50H62FN3. The highest BCUT2D eigenvalue weighted by Crippen LogP contribution is 2.67. The van der Waals surface area contributed by atoms with Crippen molar-refractivity contribution in [1.29, 1.82) is 0 Å². The van der Waals surface area contributed by atoms with E-state index in [0.717, 1.165) is 34.9 Å². The molecule has 0 aliphatic heterocycles. The second-order valence-corrected chi connectivity index (χ2v) is 19.9. The summed E-state index contributed by atoms with van der Waals surface area (Å²) in [6, 6.07) is 5.48. The fourth-order valence-corrected chi connectivity index (χ4v) is 13.7. The van der Waals surface area contributed by atoms with E-state index in [4.69, 9.17) is 5.73 Å². The number of anilines is 1. The monoisotopic (exact) mass is 723 g/mol. The number of nitrogen functional groups attached to an aromatic ring is 1. The van der Waals surface area contributed by atoms with Gasteiger partial charge in [0, 0.05) is 29.4 Å². The molecule has 4 saturated carbocycles.